The third-order valence-electron chi connectivity index (χ3n) is 12.2. The Bertz CT molecular complexity index is 2990. The normalized spacial score (nSPS) is 13.2. The van der Waals surface area contributed by atoms with Crippen molar-refractivity contribution < 1.29 is 119 Å². The van der Waals surface area contributed by atoms with Crippen molar-refractivity contribution in [2.75, 3.05) is 0 Å². The summed E-state index contributed by atoms with van der Waals surface area (Å²) in [5.41, 5.74) is -27.4. The van der Waals surface area contributed by atoms with Crippen LogP contribution >= 0.6 is 0 Å². The van der Waals surface area contributed by atoms with Crippen molar-refractivity contribution in [2.45, 2.75) is 69.8 Å². The number of benzene rings is 6. The molecule has 81 heavy (non-hydrogen) atoms. The second kappa shape index (κ2) is 22.0. The van der Waals surface area contributed by atoms with Crippen LogP contribution in [0, 0.1) is 13.8 Å². The molecule has 0 bridgehead atoms. The maximum Gasteiger partial charge on any atom is 0.416 e. The highest BCUT2D eigenvalue weighted by Crippen LogP contribution is 2.41. The number of rotatable bonds is 9. The number of Topliss-reactive ketones (excluding diaryl/α,β-unsaturated/α-hetero) is 1. The minimum Gasteiger partial charge on any atom is -0.404 e. The molecule has 1 heterocycles. The van der Waals surface area contributed by atoms with E-state index in [-0.39, 0.29) is 12.3 Å². The van der Waals surface area contributed by atoms with Crippen LogP contribution in [0.1, 0.15) is 66.0 Å². The van der Waals surface area contributed by atoms with Crippen LogP contribution in [0.15, 0.2) is 140 Å². The summed E-state index contributed by atoms with van der Waals surface area (Å²) in [6.45, 7) is 4.21. The van der Waals surface area contributed by atoms with E-state index in [0.29, 0.717) is 11.4 Å². The Morgan fingerprint density at radius 1 is 0.432 bits per heavy atom. The molecule has 0 aliphatic heterocycles. The third kappa shape index (κ3) is 14.6. The van der Waals surface area contributed by atoms with Crippen LogP contribution in [0.4, 0.5) is 105 Å². The summed E-state index contributed by atoms with van der Waals surface area (Å²) < 4.78 is 349. The zero-order chi connectivity index (χ0) is 60.9. The lowest BCUT2D eigenvalue weighted by Crippen LogP contribution is -2.75. The molecule has 1 aromatic heterocycles. The van der Waals surface area contributed by atoms with Gasteiger partial charge in [0.2, 0.25) is 12.3 Å². The van der Waals surface area contributed by atoms with Gasteiger partial charge in [-0.25, -0.2) is 4.98 Å². The summed E-state index contributed by atoms with van der Waals surface area (Å²) in [7, 11) is 0. The number of aryl methyl sites for hydroxylation is 2. The van der Waals surface area contributed by atoms with Crippen molar-refractivity contribution in [3.63, 3.8) is 0 Å². The van der Waals surface area contributed by atoms with E-state index < -0.39 is 195 Å². The van der Waals surface area contributed by atoms with Crippen molar-refractivity contribution in [2.24, 2.45) is 0 Å². The lowest BCUT2D eigenvalue weighted by atomic mass is 9.12. The minimum atomic E-state index is -6.13. The van der Waals surface area contributed by atoms with E-state index in [2.05, 4.69) is 4.98 Å². The molecule has 0 amide bonds. The molecule has 0 aliphatic carbocycles. The average Bonchev–Trinajstić information content (AvgIpc) is 3.34. The molecule has 4 nitrogen and oxygen atoms in total. The molecule has 7 rings (SSSR count). The molecule has 0 atom stereocenters. The van der Waals surface area contributed by atoms with Crippen LogP contribution in [-0.2, 0) is 56.0 Å². The molecule has 0 aliphatic rings. The molecule has 7 aromatic rings. The van der Waals surface area contributed by atoms with Gasteiger partial charge in [-0.1, -0.05) is 91.0 Å². The third-order valence-corrected chi connectivity index (χ3v) is 12.2. The predicted molar refractivity (Wildman–Crippen MR) is 241 cm³/mol. The molecular weight excluding hydrogens is 1150 g/mol. The molecular formula is C52H31BF24N2O2. The SMILES string of the molecule is Cc1ccc(C)c(Oc2cncc[n+]2CC(=O)c2ccccc2)c1.FC(F)(F)c1cc([B-](c2cc(C(F)(F)F)cc(C(F)(F)F)c2)(c2cc(C(F)(F)F)cc(C(F)(F)F)c2)c2cc(C(F)(F)F)cc(C(F)(F)F)c2)cc(C(F)(F)F)c1. The zero-order valence-corrected chi connectivity index (χ0v) is 40.3. The van der Waals surface area contributed by atoms with Crippen molar-refractivity contribution >= 4 is 33.8 Å². The monoisotopic (exact) mass is 1180 g/mol. The fourth-order valence-electron chi connectivity index (χ4n) is 8.46. The van der Waals surface area contributed by atoms with Crippen molar-refractivity contribution in [3.05, 3.63) is 201 Å². The van der Waals surface area contributed by atoms with Crippen LogP contribution in [-0.4, -0.2) is 16.9 Å². The van der Waals surface area contributed by atoms with Gasteiger partial charge in [-0.3, -0.25) is 4.79 Å². The molecule has 0 fully saturated rings. The number of hydrogen-bond donors (Lipinski definition) is 0. The molecule has 0 N–H and O–H groups in total. The van der Waals surface area contributed by atoms with Gasteiger partial charge in [-0.15, -0.1) is 0 Å². The molecule has 29 heteroatoms. The summed E-state index contributed by atoms with van der Waals surface area (Å²) in [5.74, 6) is 1.33. The number of halogens is 24. The Balaban J connectivity index is 0.000000363. The number of alkyl halides is 24. The Morgan fingerprint density at radius 2 is 0.741 bits per heavy atom. The molecule has 0 saturated heterocycles. The van der Waals surface area contributed by atoms with Gasteiger partial charge >= 0.3 is 55.3 Å². The first-order chi connectivity index (χ1) is 36.9. The molecule has 0 spiro atoms. The maximum absolute atomic E-state index is 14.2. The van der Waals surface area contributed by atoms with Gasteiger partial charge in [0.05, 0.1) is 50.7 Å². The van der Waals surface area contributed by atoms with E-state index in [9.17, 15) is 110 Å². The molecule has 0 radical (unpaired) electrons. The molecule has 432 valence electrons. The number of aromatic nitrogens is 2. The first-order valence-electron chi connectivity index (χ1n) is 22.4. The Hall–Kier alpha value is -7.75. The van der Waals surface area contributed by atoms with E-state index in [1.54, 1.807) is 23.2 Å². The first-order valence-corrected chi connectivity index (χ1v) is 22.4. The second-order valence-corrected chi connectivity index (χ2v) is 17.9. The summed E-state index contributed by atoms with van der Waals surface area (Å²) in [5, 5.41) is 0. The molecule has 6 aromatic carbocycles. The fourth-order valence-corrected chi connectivity index (χ4v) is 8.46. The highest BCUT2D eigenvalue weighted by Gasteiger charge is 2.47. The van der Waals surface area contributed by atoms with Crippen LogP contribution < -0.4 is 31.2 Å². The molecule has 0 unspecified atom stereocenters. The van der Waals surface area contributed by atoms with Crippen LogP contribution in [0.2, 0.25) is 0 Å². The van der Waals surface area contributed by atoms with E-state index >= 15 is 0 Å². The van der Waals surface area contributed by atoms with Crippen LogP contribution in [0.3, 0.4) is 0 Å². The maximum atomic E-state index is 14.2. The first kappa shape index (κ1) is 62.5. The zero-order valence-electron chi connectivity index (χ0n) is 40.3. The number of nitrogens with zero attached hydrogens (tertiary/aromatic N) is 2. The van der Waals surface area contributed by atoms with Gasteiger partial charge < -0.3 is 4.74 Å². The van der Waals surface area contributed by atoms with Crippen molar-refractivity contribution in [1.82, 2.24) is 4.98 Å². The number of carbonyl (C=O) groups excluding carboxylic acids is 1. The van der Waals surface area contributed by atoms with Crippen molar-refractivity contribution in [3.8, 4) is 11.6 Å². The number of ether oxygens (including phenoxy) is 1. The Morgan fingerprint density at radius 3 is 1.04 bits per heavy atom. The van der Waals surface area contributed by atoms with Crippen LogP contribution in [0.25, 0.3) is 0 Å². The number of carbonyl (C=O) groups is 1. The topological polar surface area (TPSA) is 43.1 Å². The fraction of sp³-hybridized carbons (Fsp3) is 0.212. The largest absolute Gasteiger partial charge is 0.416 e. The number of ketones is 1. The van der Waals surface area contributed by atoms with Crippen molar-refractivity contribution in [1.29, 1.82) is 0 Å². The Kier molecular flexibility index (Phi) is 16.9. The highest BCUT2D eigenvalue weighted by molar-refractivity contribution is 7.20. The van der Waals surface area contributed by atoms with E-state index in [0.717, 1.165) is 16.9 Å². The predicted octanol–water partition coefficient (Wildman–Crippen LogP) is 14.9. The van der Waals surface area contributed by atoms with Gasteiger partial charge in [0.1, 0.15) is 18.1 Å². The Labute approximate surface area is 440 Å². The van der Waals surface area contributed by atoms with Gasteiger partial charge in [-0.05, 0) is 55.3 Å². The quantitative estimate of drug-likeness (QED) is 0.0626. The van der Waals surface area contributed by atoms with E-state index in [4.69, 9.17) is 4.74 Å². The van der Waals surface area contributed by atoms with Gasteiger partial charge in [0.15, 0.2) is 6.20 Å². The van der Waals surface area contributed by atoms with E-state index in [1.807, 2.05) is 62.4 Å². The highest BCUT2D eigenvalue weighted by atomic mass is 19.4. The number of hydrogen-bond acceptors (Lipinski definition) is 3. The average molecular weight is 1180 g/mol. The summed E-state index contributed by atoms with van der Waals surface area (Å²) in [6.07, 6.45) is -49.8. The summed E-state index contributed by atoms with van der Waals surface area (Å²) in [6, 6.07) is 6.46. The smallest absolute Gasteiger partial charge is 0.404 e. The van der Waals surface area contributed by atoms with Gasteiger partial charge in [0, 0.05) is 5.56 Å². The lowest BCUT2D eigenvalue weighted by molar-refractivity contribution is -0.687. The van der Waals surface area contributed by atoms with E-state index in [1.165, 1.54) is 0 Å². The van der Waals surface area contributed by atoms with Crippen LogP contribution in [0.5, 0.6) is 11.6 Å². The minimum absolute atomic E-state index is 0.0256. The molecule has 0 saturated carbocycles. The summed E-state index contributed by atoms with van der Waals surface area (Å²) in [4.78, 5) is 16.6. The summed E-state index contributed by atoms with van der Waals surface area (Å²) >= 11 is 0. The standard InChI is InChI=1S/C32H12BF24.C20H19N2O2/c34-25(35,36)13-1-14(26(37,38)39)6-21(5-13)33(22-7-15(27(40,41)42)2-16(8-22)28(43,44)45,23-9-17(29(46,47)48)3-18(10-23)30(49,50)51)24-11-19(31(52,53)54)4-20(12-24)32(55,56)57;1-15-8-9-16(2)19(12-15)24-20-13-21-10-11-22(20)14-18(23)17-6-4-3-5-7-17/h1-12H;3-13H,14H2,1-2H3/q-1;+1. The van der Waals surface area contributed by atoms with Gasteiger partial charge in [-0.2, -0.15) is 132 Å². The second-order valence-electron chi connectivity index (χ2n) is 17.9. The lowest BCUT2D eigenvalue weighted by Gasteiger charge is -2.46. The van der Waals surface area contributed by atoms with Gasteiger partial charge in [0.25, 0.3) is 0 Å².